The van der Waals surface area contributed by atoms with Crippen LogP contribution in [0, 0.1) is 0 Å². The van der Waals surface area contributed by atoms with E-state index in [0.29, 0.717) is 61.0 Å². The Kier molecular flexibility index (Phi) is 9.70. The van der Waals surface area contributed by atoms with Crippen LogP contribution >= 0.6 is 11.6 Å². The van der Waals surface area contributed by atoms with E-state index in [4.69, 9.17) is 25.8 Å². The largest absolute Gasteiger partial charge is 0.465 e. The lowest BCUT2D eigenvalue weighted by Gasteiger charge is -2.36. The fourth-order valence-electron chi connectivity index (χ4n) is 4.40. The highest BCUT2D eigenvalue weighted by Crippen LogP contribution is 2.24. The Morgan fingerprint density at radius 2 is 1.26 bits per heavy atom. The first-order chi connectivity index (χ1) is 18.9. The predicted molar refractivity (Wildman–Crippen MR) is 147 cm³/mol. The van der Waals surface area contributed by atoms with E-state index in [-0.39, 0.29) is 18.0 Å². The van der Waals surface area contributed by atoms with Crippen LogP contribution in [-0.4, -0.2) is 74.6 Å². The highest BCUT2D eigenvalue weighted by atomic mass is 35.5. The molecule has 1 fully saturated rings. The molecule has 3 aromatic rings. The zero-order chi connectivity index (χ0) is 27.8. The van der Waals surface area contributed by atoms with Gasteiger partial charge < -0.3 is 19.1 Å². The Balaban J connectivity index is 1.36. The molecule has 3 aromatic carbocycles. The number of hydrogen-bond donors (Lipinski definition) is 0. The summed E-state index contributed by atoms with van der Waals surface area (Å²) in [6.45, 7) is 3.59. The van der Waals surface area contributed by atoms with Crippen LogP contribution < -0.4 is 0 Å². The van der Waals surface area contributed by atoms with E-state index >= 15 is 0 Å². The first kappa shape index (κ1) is 28.3. The van der Waals surface area contributed by atoms with Gasteiger partial charge in [-0.3, -0.25) is 9.69 Å². The number of nitrogens with zero attached hydrogens (tertiary/aromatic N) is 2. The molecule has 8 nitrogen and oxygen atoms in total. The Morgan fingerprint density at radius 3 is 1.79 bits per heavy atom. The van der Waals surface area contributed by atoms with Gasteiger partial charge in [-0.15, -0.1) is 0 Å². The summed E-state index contributed by atoms with van der Waals surface area (Å²) in [4.78, 5) is 40.5. The molecule has 9 heteroatoms. The van der Waals surface area contributed by atoms with Gasteiger partial charge in [0.25, 0.3) is 5.91 Å². The average Bonchev–Trinajstić information content (AvgIpc) is 2.99. The van der Waals surface area contributed by atoms with Crippen LogP contribution in [0.5, 0.6) is 0 Å². The van der Waals surface area contributed by atoms with Crippen molar-refractivity contribution >= 4 is 29.4 Å². The minimum absolute atomic E-state index is 0.0630. The molecule has 1 saturated heterocycles. The lowest BCUT2D eigenvalue weighted by Crippen LogP contribution is -2.49. The summed E-state index contributed by atoms with van der Waals surface area (Å²) in [7, 11) is 2.68. The van der Waals surface area contributed by atoms with Gasteiger partial charge in [-0.2, -0.15) is 0 Å². The summed E-state index contributed by atoms with van der Waals surface area (Å²) in [5, 5.41) is 0.655. The van der Waals surface area contributed by atoms with Gasteiger partial charge in [0.15, 0.2) is 0 Å². The Hall–Kier alpha value is -3.72. The number of rotatable bonds is 9. The molecular weight excluding hydrogens is 520 g/mol. The zero-order valence-corrected chi connectivity index (χ0v) is 22.7. The van der Waals surface area contributed by atoms with Gasteiger partial charge in [0.2, 0.25) is 0 Å². The fraction of sp³-hybridized carbons (Fsp3) is 0.300. The van der Waals surface area contributed by atoms with Crippen molar-refractivity contribution < 1.29 is 28.6 Å². The normalized spacial score (nSPS) is 14.5. The molecule has 0 radical (unpaired) electrons. The van der Waals surface area contributed by atoms with E-state index in [1.165, 1.54) is 14.2 Å². The number of halogens is 1. The Morgan fingerprint density at radius 1 is 0.744 bits per heavy atom. The second kappa shape index (κ2) is 13.4. The molecule has 39 heavy (non-hydrogen) atoms. The predicted octanol–water partition coefficient (Wildman–Crippen LogP) is 4.63. The summed E-state index contributed by atoms with van der Waals surface area (Å²) in [6, 6.07) is 21.3. The number of carbonyl (C=O) groups is 3. The van der Waals surface area contributed by atoms with Crippen molar-refractivity contribution in [3.8, 4) is 0 Å². The lowest BCUT2D eigenvalue weighted by atomic mass is 10.1. The molecule has 0 saturated carbocycles. The molecule has 204 valence electrons. The van der Waals surface area contributed by atoms with Crippen molar-refractivity contribution in [1.29, 1.82) is 0 Å². The first-order valence-electron chi connectivity index (χ1n) is 12.6. The molecule has 4 rings (SSSR count). The van der Waals surface area contributed by atoms with Crippen LogP contribution in [0.2, 0.25) is 5.02 Å². The quantitative estimate of drug-likeness (QED) is 0.359. The number of esters is 2. The van der Waals surface area contributed by atoms with E-state index in [2.05, 4.69) is 4.90 Å². The molecule has 0 N–H and O–H groups in total. The molecule has 1 atom stereocenters. The van der Waals surface area contributed by atoms with Gasteiger partial charge >= 0.3 is 11.9 Å². The van der Waals surface area contributed by atoms with E-state index < -0.39 is 5.97 Å². The smallest absolute Gasteiger partial charge is 0.337 e. The SMILES string of the molecule is COC(=O)c1ccc(CO[C@H](CN2CCN(C(=O)c3ccc(C(=O)OC)cc3)CC2)c2ccc(Cl)cc2)cc1. The van der Waals surface area contributed by atoms with Gasteiger partial charge in [-0.1, -0.05) is 35.9 Å². The van der Waals surface area contributed by atoms with Gasteiger partial charge in [0.05, 0.1) is 38.1 Å². The van der Waals surface area contributed by atoms with Crippen LogP contribution in [0.3, 0.4) is 0 Å². The second-order valence-corrected chi connectivity index (χ2v) is 9.64. The average molecular weight is 551 g/mol. The highest BCUT2D eigenvalue weighted by Gasteiger charge is 2.25. The van der Waals surface area contributed by atoms with Crippen LogP contribution in [0.4, 0.5) is 0 Å². The molecule has 0 spiro atoms. The van der Waals surface area contributed by atoms with Crippen molar-refractivity contribution in [3.05, 3.63) is 106 Å². The molecule has 0 aliphatic carbocycles. The van der Waals surface area contributed by atoms with Crippen molar-refractivity contribution in [1.82, 2.24) is 9.80 Å². The van der Waals surface area contributed by atoms with E-state index in [9.17, 15) is 14.4 Å². The summed E-state index contributed by atoms with van der Waals surface area (Å²) < 4.78 is 15.8. The number of piperazine rings is 1. The van der Waals surface area contributed by atoms with Gasteiger partial charge in [-0.25, -0.2) is 9.59 Å². The lowest BCUT2D eigenvalue weighted by molar-refractivity contribution is 0.00340. The first-order valence-corrected chi connectivity index (χ1v) is 13.0. The van der Waals surface area contributed by atoms with Gasteiger partial charge in [-0.05, 0) is 59.7 Å². The van der Waals surface area contributed by atoms with E-state index in [0.717, 1.165) is 11.1 Å². The number of methoxy groups -OCH3 is 2. The Bertz CT molecular complexity index is 1270. The third-order valence-electron chi connectivity index (χ3n) is 6.70. The summed E-state index contributed by atoms with van der Waals surface area (Å²) in [5.74, 6) is -0.873. The maximum atomic E-state index is 13.0. The van der Waals surface area contributed by atoms with Gasteiger partial charge in [0, 0.05) is 43.3 Å². The number of amides is 1. The molecule has 1 amide bonds. The number of ether oxygens (including phenoxy) is 3. The topological polar surface area (TPSA) is 85.4 Å². The molecule has 1 heterocycles. The maximum Gasteiger partial charge on any atom is 0.337 e. The van der Waals surface area contributed by atoms with Crippen molar-refractivity contribution in [2.24, 2.45) is 0 Å². The zero-order valence-electron chi connectivity index (χ0n) is 22.0. The molecule has 0 unspecified atom stereocenters. The summed E-state index contributed by atoms with van der Waals surface area (Å²) in [6.07, 6.45) is -0.212. The van der Waals surface area contributed by atoms with Crippen LogP contribution in [0.25, 0.3) is 0 Å². The highest BCUT2D eigenvalue weighted by molar-refractivity contribution is 6.30. The van der Waals surface area contributed by atoms with E-state index in [1.807, 2.05) is 41.3 Å². The van der Waals surface area contributed by atoms with Crippen molar-refractivity contribution in [2.75, 3.05) is 46.9 Å². The monoisotopic (exact) mass is 550 g/mol. The van der Waals surface area contributed by atoms with Crippen molar-refractivity contribution in [2.45, 2.75) is 12.7 Å². The molecule has 0 aromatic heterocycles. The standard InChI is InChI=1S/C30H31ClN2O6/c1-37-29(35)24-5-3-21(4-6-24)20-39-27(22-11-13-26(31)14-12-22)19-32-15-17-33(18-16-32)28(34)23-7-9-25(10-8-23)30(36)38-2/h3-14,27H,15-20H2,1-2H3/t27-/m1/s1. The molecule has 1 aliphatic heterocycles. The van der Waals surface area contributed by atoms with Crippen LogP contribution in [0.1, 0.15) is 48.3 Å². The minimum atomic E-state index is -0.432. The van der Waals surface area contributed by atoms with Gasteiger partial charge in [0.1, 0.15) is 0 Å². The number of hydrogen-bond acceptors (Lipinski definition) is 7. The fourth-order valence-corrected chi connectivity index (χ4v) is 4.53. The van der Waals surface area contributed by atoms with Crippen molar-refractivity contribution in [3.63, 3.8) is 0 Å². The van der Waals surface area contributed by atoms with E-state index in [1.54, 1.807) is 36.4 Å². The van der Waals surface area contributed by atoms with Crippen LogP contribution in [-0.2, 0) is 20.8 Å². The molecule has 0 bridgehead atoms. The third kappa shape index (κ3) is 7.44. The molecular formula is C30H31ClN2O6. The second-order valence-electron chi connectivity index (χ2n) is 9.20. The number of benzene rings is 3. The summed E-state index contributed by atoms with van der Waals surface area (Å²) >= 11 is 6.11. The van der Waals surface area contributed by atoms with Crippen LogP contribution in [0.15, 0.2) is 72.8 Å². The minimum Gasteiger partial charge on any atom is -0.465 e. The third-order valence-corrected chi connectivity index (χ3v) is 6.96. The Labute approximate surface area is 233 Å². The maximum absolute atomic E-state index is 13.0. The number of carbonyl (C=O) groups excluding carboxylic acids is 3. The molecule has 1 aliphatic rings. The summed E-state index contributed by atoms with van der Waals surface area (Å²) in [5.41, 5.74) is 3.38.